The van der Waals surface area contributed by atoms with Crippen LogP contribution in [0.3, 0.4) is 0 Å². The molecule has 1 aromatic carbocycles. The number of likely N-dealkylation sites (tertiary alicyclic amines) is 1. The first-order valence-electron chi connectivity index (χ1n) is 8.24. The number of halogens is 1. The van der Waals surface area contributed by atoms with E-state index >= 15 is 0 Å². The zero-order chi connectivity index (χ0) is 17.1. The highest BCUT2D eigenvalue weighted by molar-refractivity contribution is 7.99. The van der Waals surface area contributed by atoms with Crippen LogP contribution in [0, 0.1) is 5.82 Å². The van der Waals surface area contributed by atoms with Gasteiger partial charge in [0.15, 0.2) is 0 Å². The first kappa shape index (κ1) is 17.0. The maximum Gasteiger partial charge on any atom is 0.236 e. The summed E-state index contributed by atoms with van der Waals surface area (Å²) in [5.74, 6) is 0.679. The number of H-pyrrole nitrogens is 1. The van der Waals surface area contributed by atoms with Gasteiger partial charge in [-0.3, -0.25) is 4.79 Å². The Labute approximate surface area is 145 Å². The quantitative estimate of drug-likeness (QED) is 0.909. The van der Waals surface area contributed by atoms with Gasteiger partial charge in [0.2, 0.25) is 5.91 Å². The lowest BCUT2D eigenvalue weighted by Crippen LogP contribution is -2.42. The van der Waals surface area contributed by atoms with Crippen LogP contribution < -0.4 is 0 Å². The first-order chi connectivity index (χ1) is 11.6. The molecule has 1 fully saturated rings. The van der Waals surface area contributed by atoms with Crippen LogP contribution in [0.4, 0.5) is 4.39 Å². The summed E-state index contributed by atoms with van der Waals surface area (Å²) in [4.78, 5) is 22.4. The zero-order valence-electron chi connectivity index (χ0n) is 14.0. The van der Waals surface area contributed by atoms with Crippen molar-refractivity contribution in [2.75, 3.05) is 12.8 Å². The molecule has 2 aromatic rings. The molecule has 6 heteroatoms. The van der Waals surface area contributed by atoms with Crippen LogP contribution >= 0.6 is 11.8 Å². The van der Waals surface area contributed by atoms with E-state index in [-0.39, 0.29) is 23.0 Å². The molecule has 128 valence electrons. The Bertz CT molecular complexity index is 718. The van der Waals surface area contributed by atoms with Crippen molar-refractivity contribution in [2.24, 2.45) is 0 Å². The number of carbonyl (C=O) groups is 1. The number of hydrogen-bond donors (Lipinski definition) is 1. The molecule has 1 saturated heterocycles. The Balaban J connectivity index is 1.85. The van der Waals surface area contributed by atoms with Gasteiger partial charge in [-0.2, -0.15) is 11.8 Å². The summed E-state index contributed by atoms with van der Waals surface area (Å²) in [6.07, 6.45) is 6.69. The van der Waals surface area contributed by atoms with Gasteiger partial charge in [0.05, 0.1) is 23.2 Å². The van der Waals surface area contributed by atoms with Gasteiger partial charge >= 0.3 is 0 Å². The molecule has 0 spiro atoms. The van der Waals surface area contributed by atoms with Gasteiger partial charge in [-0.15, -0.1) is 0 Å². The summed E-state index contributed by atoms with van der Waals surface area (Å²) in [5, 5.41) is -0.0525. The lowest BCUT2D eigenvalue weighted by molar-refractivity contribution is -0.134. The molecule has 0 aliphatic carbocycles. The smallest absolute Gasteiger partial charge is 0.236 e. The van der Waals surface area contributed by atoms with E-state index in [0.29, 0.717) is 0 Å². The highest BCUT2D eigenvalue weighted by Gasteiger charge is 2.32. The van der Waals surface area contributed by atoms with Crippen LogP contribution in [0.25, 0.3) is 11.3 Å². The van der Waals surface area contributed by atoms with Crippen molar-refractivity contribution in [2.45, 2.75) is 37.5 Å². The summed E-state index contributed by atoms with van der Waals surface area (Å²) in [7, 11) is 0. The molecule has 24 heavy (non-hydrogen) atoms. The molecule has 1 aliphatic heterocycles. The summed E-state index contributed by atoms with van der Waals surface area (Å²) in [6, 6.07) is 6.41. The number of aromatic amines is 1. The molecule has 4 nitrogen and oxygen atoms in total. The number of rotatable bonds is 4. The molecule has 3 rings (SSSR count). The first-order valence-corrected chi connectivity index (χ1v) is 9.53. The van der Waals surface area contributed by atoms with E-state index in [0.717, 1.165) is 42.9 Å². The second-order valence-electron chi connectivity index (χ2n) is 6.11. The van der Waals surface area contributed by atoms with Gasteiger partial charge in [-0.1, -0.05) is 12.1 Å². The van der Waals surface area contributed by atoms with Crippen LogP contribution in [-0.2, 0) is 4.79 Å². The fourth-order valence-corrected chi connectivity index (χ4v) is 3.46. The van der Waals surface area contributed by atoms with Gasteiger partial charge in [0.25, 0.3) is 0 Å². The average Bonchev–Trinajstić information content (AvgIpc) is 3.10. The molecule has 0 radical (unpaired) electrons. The minimum absolute atomic E-state index is 0.0249. The third-order valence-electron chi connectivity index (χ3n) is 4.53. The standard InChI is InChI=1S/C18H22FN3OS/c1-12(24-2)18(23)22-9-4-3-8-16(22)17-20-11-15(21-17)13-6-5-7-14(19)10-13/h5-7,10-12,16H,3-4,8-9H2,1-2H3,(H,20,21)/t12-,16-/m1/s1. The Kier molecular flexibility index (Phi) is 5.23. The van der Waals surface area contributed by atoms with Crippen LogP contribution in [0.1, 0.15) is 38.1 Å². The van der Waals surface area contributed by atoms with Crippen molar-refractivity contribution < 1.29 is 9.18 Å². The number of amides is 1. The molecule has 1 amide bonds. The zero-order valence-corrected chi connectivity index (χ0v) is 14.8. The largest absolute Gasteiger partial charge is 0.340 e. The highest BCUT2D eigenvalue weighted by Crippen LogP contribution is 2.32. The van der Waals surface area contributed by atoms with Crippen molar-refractivity contribution in [3.63, 3.8) is 0 Å². The lowest BCUT2D eigenvalue weighted by atomic mass is 10.0. The fraction of sp³-hybridized carbons (Fsp3) is 0.444. The summed E-state index contributed by atoms with van der Waals surface area (Å²) < 4.78 is 13.4. The Morgan fingerprint density at radius 1 is 1.46 bits per heavy atom. The van der Waals surface area contributed by atoms with E-state index in [2.05, 4.69) is 9.97 Å². The molecule has 0 unspecified atom stereocenters. The fourth-order valence-electron chi connectivity index (χ4n) is 3.12. The van der Waals surface area contributed by atoms with Crippen LogP contribution in [0.5, 0.6) is 0 Å². The number of aromatic nitrogens is 2. The molecule has 2 heterocycles. The van der Waals surface area contributed by atoms with E-state index < -0.39 is 0 Å². The van der Waals surface area contributed by atoms with Crippen LogP contribution in [0.2, 0.25) is 0 Å². The maximum atomic E-state index is 13.4. The molecular formula is C18H22FN3OS. The number of piperidine rings is 1. The highest BCUT2D eigenvalue weighted by atomic mass is 32.2. The van der Waals surface area contributed by atoms with Crippen molar-refractivity contribution in [1.82, 2.24) is 14.9 Å². The topological polar surface area (TPSA) is 49.0 Å². The number of carbonyl (C=O) groups excluding carboxylic acids is 1. The molecular weight excluding hydrogens is 325 g/mol. The maximum absolute atomic E-state index is 13.4. The van der Waals surface area contributed by atoms with E-state index in [1.807, 2.05) is 24.1 Å². The number of benzene rings is 1. The van der Waals surface area contributed by atoms with Crippen molar-refractivity contribution >= 4 is 17.7 Å². The van der Waals surface area contributed by atoms with Crippen molar-refractivity contribution in [3.8, 4) is 11.3 Å². The number of imidazole rings is 1. The molecule has 0 bridgehead atoms. The summed E-state index contributed by atoms with van der Waals surface area (Å²) in [5.41, 5.74) is 1.54. The van der Waals surface area contributed by atoms with Gasteiger partial charge in [0, 0.05) is 12.1 Å². The molecule has 1 aliphatic rings. The van der Waals surface area contributed by atoms with Crippen LogP contribution in [0.15, 0.2) is 30.5 Å². The SMILES string of the molecule is CS[C@H](C)C(=O)N1CCCC[C@@H]1c1ncc(-c2cccc(F)c2)[nH]1. The monoisotopic (exact) mass is 347 g/mol. The summed E-state index contributed by atoms with van der Waals surface area (Å²) >= 11 is 1.56. The predicted molar refractivity (Wildman–Crippen MR) is 95.3 cm³/mol. The van der Waals surface area contributed by atoms with Crippen molar-refractivity contribution in [3.05, 3.63) is 42.1 Å². The second kappa shape index (κ2) is 7.38. The normalized spacial score (nSPS) is 19.3. The van der Waals surface area contributed by atoms with Gasteiger partial charge in [-0.25, -0.2) is 9.37 Å². The number of thioether (sulfide) groups is 1. The van der Waals surface area contributed by atoms with E-state index in [4.69, 9.17) is 0 Å². The minimum Gasteiger partial charge on any atom is -0.340 e. The number of nitrogens with zero attached hydrogens (tertiary/aromatic N) is 2. The Hall–Kier alpha value is -1.82. The Morgan fingerprint density at radius 2 is 2.29 bits per heavy atom. The van der Waals surface area contributed by atoms with E-state index in [9.17, 15) is 9.18 Å². The van der Waals surface area contributed by atoms with Crippen LogP contribution in [-0.4, -0.2) is 38.8 Å². The molecule has 0 saturated carbocycles. The predicted octanol–water partition coefficient (Wildman–Crippen LogP) is 4.02. The minimum atomic E-state index is -0.271. The summed E-state index contributed by atoms with van der Waals surface area (Å²) in [6.45, 7) is 2.71. The molecule has 1 aromatic heterocycles. The molecule has 2 atom stereocenters. The molecule has 1 N–H and O–H groups in total. The van der Waals surface area contributed by atoms with Crippen molar-refractivity contribution in [1.29, 1.82) is 0 Å². The lowest BCUT2D eigenvalue weighted by Gasteiger charge is -2.36. The third-order valence-corrected chi connectivity index (χ3v) is 5.44. The van der Waals surface area contributed by atoms with Gasteiger partial charge in [0.1, 0.15) is 11.6 Å². The van der Waals surface area contributed by atoms with Gasteiger partial charge in [-0.05, 0) is 44.6 Å². The van der Waals surface area contributed by atoms with E-state index in [1.165, 1.54) is 12.1 Å². The number of hydrogen-bond acceptors (Lipinski definition) is 3. The second-order valence-corrected chi connectivity index (χ2v) is 7.29. The van der Waals surface area contributed by atoms with Gasteiger partial charge < -0.3 is 9.88 Å². The van der Waals surface area contributed by atoms with E-state index in [1.54, 1.807) is 24.0 Å². The average molecular weight is 347 g/mol. The Morgan fingerprint density at radius 3 is 3.04 bits per heavy atom. The number of nitrogens with one attached hydrogen (secondary N) is 1. The third kappa shape index (κ3) is 3.48.